The fourth-order valence-electron chi connectivity index (χ4n) is 3.32. The second kappa shape index (κ2) is 10.5. The van der Waals surface area contributed by atoms with Crippen molar-refractivity contribution in [1.29, 1.82) is 0 Å². The summed E-state index contributed by atoms with van der Waals surface area (Å²) in [6, 6.07) is 12.3. The molecule has 1 aliphatic heterocycles. The van der Waals surface area contributed by atoms with E-state index in [4.69, 9.17) is 4.42 Å². The Labute approximate surface area is 195 Å². The third-order valence-corrected chi connectivity index (χ3v) is 6.88. The molecule has 2 aromatic carbocycles. The Morgan fingerprint density at radius 1 is 1.09 bits per heavy atom. The Bertz CT molecular complexity index is 1170. The lowest BCUT2D eigenvalue weighted by molar-refractivity contribution is 0.116. The third kappa shape index (κ3) is 5.46. The first-order valence-corrected chi connectivity index (χ1v) is 11.2. The summed E-state index contributed by atoms with van der Waals surface area (Å²) in [5, 5.41) is 9.84. The zero-order valence-corrected chi connectivity index (χ0v) is 18.8. The van der Waals surface area contributed by atoms with Gasteiger partial charge in [0.25, 0.3) is 5.89 Å². The summed E-state index contributed by atoms with van der Waals surface area (Å²) in [4.78, 5) is 0. The van der Waals surface area contributed by atoms with Crippen LogP contribution in [0.4, 0.5) is 18.9 Å². The van der Waals surface area contributed by atoms with Gasteiger partial charge in [0.15, 0.2) is 0 Å². The maximum Gasteiger partial charge on any atom is 0.314 e. The second-order valence-electron chi connectivity index (χ2n) is 7.05. The Morgan fingerprint density at radius 2 is 1.79 bits per heavy atom. The summed E-state index contributed by atoms with van der Waals surface area (Å²) in [5.41, 5.74) is 0.611. The monoisotopic (exact) mass is 503 g/mol. The molecule has 0 atom stereocenters. The second-order valence-corrected chi connectivity index (χ2v) is 8.90. The molecule has 0 bridgehead atoms. The van der Waals surface area contributed by atoms with E-state index in [1.807, 2.05) is 0 Å². The molecule has 0 aliphatic carbocycles. The zero-order chi connectivity index (χ0) is 22.7. The van der Waals surface area contributed by atoms with E-state index in [9.17, 15) is 21.6 Å². The number of nitrogens with one attached hydrogen (secondary N) is 1. The molecular formula is C20H21ClF3N5O3S. The van der Waals surface area contributed by atoms with Gasteiger partial charge in [-0.15, -0.1) is 22.6 Å². The Kier molecular flexibility index (Phi) is 7.95. The van der Waals surface area contributed by atoms with Crippen LogP contribution in [0.1, 0.15) is 17.9 Å². The van der Waals surface area contributed by atoms with Crippen molar-refractivity contribution in [2.75, 3.05) is 30.5 Å². The largest absolute Gasteiger partial charge is 0.415 e. The minimum atomic E-state index is -3.92. The minimum absolute atomic E-state index is 0. The summed E-state index contributed by atoms with van der Waals surface area (Å²) in [7, 11) is -3.92. The average molecular weight is 504 g/mol. The molecule has 1 fully saturated rings. The van der Waals surface area contributed by atoms with Crippen LogP contribution in [-0.2, 0) is 16.8 Å². The van der Waals surface area contributed by atoms with Gasteiger partial charge in [-0.1, -0.05) is 24.3 Å². The fourth-order valence-corrected chi connectivity index (χ4v) is 4.93. The average Bonchev–Trinajstić information content (AvgIpc) is 3.30. The lowest BCUT2D eigenvalue weighted by Gasteiger charge is -2.33. The van der Waals surface area contributed by atoms with Crippen molar-refractivity contribution >= 4 is 28.3 Å². The normalized spacial score (nSPS) is 14.8. The minimum Gasteiger partial charge on any atom is -0.415 e. The van der Waals surface area contributed by atoms with Gasteiger partial charge in [0.2, 0.25) is 5.89 Å². The van der Waals surface area contributed by atoms with E-state index in [0.29, 0.717) is 31.9 Å². The van der Waals surface area contributed by atoms with Crippen molar-refractivity contribution in [3.63, 3.8) is 0 Å². The number of nitrogens with zero attached hydrogens (tertiary/aromatic N) is 4. The molecule has 1 N–H and O–H groups in total. The molecular weight excluding hydrogens is 483 g/mol. The fraction of sp³-hybridized carbons (Fsp3) is 0.300. The molecule has 0 amide bonds. The first-order chi connectivity index (χ1) is 15.4. The SMILES string of the molecule is Cl.O=S(=O)(N1CCNCC1)N(Cc1ccc(-c2nnc(C(F)F)o2)cc1F)c1ccccc1. The first kappa shape index (κ1) is 25.0. The lowest BCUT2D eigenvalue weighted by atomic mass is 10.1. The summed E-state index contributed by atoms with van der Waals surface area (Å²) in [6.45, 7) is 1.40. The number of hydrogen-bond acceptors (Lipinski definition) is 6. The molecule has 13 heteroatoms. The highest BCUT2D eigenvalue weighted by atomic mass is 35.5. The molecule has 33 heavy (non-hydrogen) atoms. The van der Waals surface area contributed by atoms with Crippen LogP contribution < -0.4 is 9.62 Å². The number of anilines is 1. The first-order valence-electron chi connectivity index (χ1n) is 9.80. The van der Waals surface area contributed by atoms with E-state index in [2.05, 4.69) is 15.5 Å². The van der Waals surface area contributed by atoms with Gasteiger partial charge < -0.3 is 9.73 Å². The van der Waals surface area contributed by atoms with E-state index in [-0.39, 0.29) is 36.0 Å². The van der Waals surface area contributed by atoms with E-state index >= 15 is 0 Å². The number of benzene rings is 2. The van der Waals surface area contributed by atoms with Crippen LogP contribution in [0.3, 0.4) is 0 Å². The molecule has 0 spiro atoms. The molecule has 0 radical (unpaired) electrons. The predicted octanol–water partition coefficient (Wildman–Crippen LogP) is 3.39. The summed E-state index contributed by atoms with van der Waals surface area (Å²) < 4.78 is 74.3. The third-order valence-electron chi connectivity index (χ3n) is 4.97. The van der Waals surface area contributed by atoms with Crippen LogP contribution >= 0.6 is 12.4 Å². The van der Waals surface area contributed by atoms with Gasteiger partial charge in [0, 0.05) is 37.3 Å². The molecule has 4 rings (SSSR count). The number of halogens is 4. The van der Waals surface area contributed by atoms with Crippen molar-refractivity contribution in [3.8, 4) is 11.5 Å². The van der Waals surface area contributed by atoms with Gasteiger partial charge in [-0.05, 0) is 24.3 Å². The molecule has 1 saturated heterocycles. The molecule has 2 heterocycles. The topological polar surface area (TPSA) is 91.6 Å². The van der Waals surface area contributed by atoms with Crippen LogP contribution in [0.2, 0.25) is 0 Å². The van der Waals surface area contributed by atoms with E-state index in [1.165, 1.54) is 16.4 Å². The summed E-state index contributed by atoms with van der Waals surface area (Å²) in [5.74, 6) is -1.84. The van der Waals surface area contributed by atoms with E-state index in [0.717, 1.165) is 10.4 Å². The predicted molar refractivity (Wildman–Crippen MR) is 118 cm³/mol. The number of hydrogen-bond donors (Lipinski definition) is 1. The maximum atomic E-state index is 14.9. The lowest BCUT2D eigenvalue weighted by Crippen LogP contribution is -2.51. The Hall–Kier alpha value is -2.67. The van der Waals surface area contributed by atoms with Crippen LogP contribution in [0, 0.1) is 5.82 Å². The molecule has 1 aliphatic rings. The number of alkyl halides is 2. The smallest absolute Gasteiger partial charge is 0.314 e. The molecule has 8 nitrogen and oxygen atoms in total. The number of rotatable bonds is 7. The van der Waals surface area contributed by atoms with Crippen LogP contribution in [0.5, 0.6) is 0 Å². The number of piperazine rings is 1. The van der Waals surface area contributed by atoms with Gasteiger partial charge in [-0.25, -0.2) is 4.39 Å². The van der Waals surface area contributed by atoms with Gasteiger partial charge in [-0.2, -0.15) is 21.5 Å². The van der Waals surface area contributed by atoms with Crippen molar-refractivity contribution in [1.82, 2.24) is 19.8 Å². The van der Waals surface area contributed by atoms with Crippen LogP contribution in [-0.4, -0.2) is 49.1 Å². The summed E-state index contributed by atoms with van der Waals surface area (Å²) >= 11 is 0. The van der Waals surface area contributed by atoms with Gasteiger partial charge in [0.1, 0.15) is 5.82 Å². The molecule has 0 unspecified atom stereocenters. The maximum absolute atomic E-state index is 14.9. The highest BCUT2D eigenvalue weighted by molar-refractivity contribution is 7.90. The summed E-state index contributed by atoms with van der Waals surface area (Å²) in [6.07, 6.45) is -2.94. The standard InChI is InChI=1S/C20H20F3N5O3S.ClH/c21-17-12-14(19-25-26-20(31-19)18(22)23)6-7-15(17)13-28(16-4-2-1-3-5-16)32(29,30)27-10-8-24-9-11-27;/h1-7,12,18,24H,8-11,13H2;1H. The number of para-hydroxylation sites is 1. The van der Waals surface area contributed by atoms with Gasteiger partial charge >= 0.3 is 16.6 Å². The highest BCUT2D eigenvalue weighted by Crippen LogP contribution is 2.28. The zero-order valence-electron chi connectivity index (χ0n) is 17.2. The molecule has 3 aromatic rings. The quantitative estimate of drug-likeness (QED) is 0.531. The molecule has 1 aromatic heterocycles. The Balaban J connectivity index is 0.00000306. The van der Waals surface area contributed by atoms with Crippen LogP contribution in [0.25, 0.3) is 11.5 Å². The Morgan fingerprint density at radius 3 is 2.39 bits per heavy atom. The van der Waals surface area contributed by atoms with E-state index < -0.39 is 28.3 Å². The molecule has 0 saturated carbocycles. The van der Waals surface area contributed by atoms with E-state index in [1.54, 1.807) is 30.3 Å². The van der Waals surface area contributed by atoms with Crippen molar-refractivity contribution in [2.45, 2.75) is 13.0 Å². The number of aromatic nitrogens is 2. The van der Waals surface area contributed by atoms with Gasteiger partial charge in [-0.3, -0.25) is 4.31 Å². The van der Waals surface area contributed by atoms with Gasteiger partial charge in [0.05, 0.1) is 12.2 Å². The van der Waals surface area contributed by atoms with Crippen molar-refractivity contribution in [3.05, 3.63) is 65.8 Å². The van der Waals surface area contributed by atoms with Crippen molar-refractivity contribution in [2.24, 2.45) is 0 Å². The van der Waals surface area contributed by atoms with Crippen LogP contribution in [0.15, 0.2) is 52.9 Å². The highest BCUT2D eigenvalue weighted by Gasteiger charge is 2.31. The van der Waals surface area contributed by atoms with Crippen molar-refractivity contribution < 1.29 is 26.0 Å². The molecule has 178 valence electrons.